The molecular weight excluding hydrogens is 374 g/mol. The van der Waals surface area contributed by atoms with Gasteiger partial charge in [0.05, 0.1) is 16.9 Å². The number of esters is 1. The molecule has 1 aliphatic heterocycles. The molecule has 0 spiro atoms. The number of benzene rings is 1. The average Bonchev–Trinajstić information content (AvgIpc) is 3.22. The topological polar surface area (TPSA) is 112 Å². The number of non-ortho nitro benzene ring substituents is 1. The van der Waals surface area contributed by atoms with Crippen LogP contribution in [0.5, 0.6) is 0 Å². The number of amides is 2. The highest BCUT2D eigenvalue weighted by Crippen LogP contribution is 2.32. The van der Waals surface area contributed by atoms with E-state index in [0.29, 0.717) is 11.4 Å². The zero-order chi connectivity index (χ0) is 19.6. The molecule has 0 radical (unpaired) electrons. The van der Waals surface area contributed by atoms with Crippen molar-refractivity contribution in [3.05, 3.63) is 63.3 Å². The number of ether oxygens (including phenoxy) is 1. The van der Waals surface area contributed by atoms with Gasteiger partial charge in [-0.15, -0.1) is 0 Å². The third-order valence-electron chi connectivity index (χ3n) is 3.79. The van der Waals surface area contributed by atoms with E-state index in [1.165, 1.54) is 25.3 Å². The van der Waals surface area contributed by atoms with E-state index < -0.39 is 28.6 Å². The SMILES string of the molecule is COC(=O)CN1C(=O)S/C(=C\c2cccn2-c2ccc([N+](=O)[O-])cc2)C1=O. The molecule has 0 bridgehead atoms. The third kappa shape index (κ3) is 3.75. The Balaban J connectivity index is 1.88. The normalized spacial score (nSPS) is 15.4. The van der Waals surface area contributed by atoms with Crippen LogP contribution in [-0.4, -0.2) is 45.2 Å². The zero-order valence-corrected chi connectivity index (χ0v) is 14.8. The molecule has 0 unspecified atom stereocenters. The Kier molecular flexibility index (Phi) is 5.08. The molecule has 0 saturated carbocycles. The van der Waals surface area contributed by atoms with E-state index >= 15 is 0 Å². The van der Waals surface area contributed by atoms with Crippen molar-refractivity contribution in [1.29, 1.82) is 0 Å². The van der Waals surface area contributed by atoms with E-state index in [1.54, 1.807) is 35.0 Å². The van der Waals surface area contributed by atoms with Gasteiger partial charge in [-0.2, -0.15) is 0 Å². The molecule has 1 saturated heterocycles. The minimum absolute atomic E-state index is 0.0311. The molecule has 10 heteroatoms. The predicted molar refractivity (Wildman–Crippen MR) is 97.1 cm³/mol. The van der Waals surface area contributed by atoms with Gasteiger partial charge in [-0.3, -0.25) is 29.4 Å². The van der Waals surface area contributed by atoms with Crippen LogP contribution in [0.3, 0.4) is 0 Å². The van der Waals surface area contributed by atoms with Crippen LogP contribution < -0.4 is 0 Å². The van der Waals surface area contributed by atoms with Gasteiger partial charge in [0.2, 0.25) is 0 Å². The number of nitro groups is 1. The van der Waals surface area contributed by atoms with Crippen molar-refractivity contribution in [2.24, 2.45) is 0 Å². The maximum atomic E-state index is 12.4. The summed E-state index contributed by atoms with van der Waals surface area (Å²) in [7, 11) is 1.17. The molecular formula is C17H13N3O6S. The van der Waals surface area contributed by atoms with Crippen LogP contribution in [0.2, 0.25) is 0 Å². The number of aromatic nitrogens is 1. The van der Waals surface area contributed by atoms with Crippen LogP contribution in [-0.2, 0) is 14.3 Å². The van der Waals surface area contributed by atoms with Gasteiger partial charge in [-0.1, -0.05) is 0 Å². The van der Waals surface area contributed by atoms with Gasteiger partial charge in [0.25, 0.3) is 16.8 Å². The van der Waals surface area contributed by atoms with Crippen molar-refractivity contribution in [1.82, 2.24) is 9.47 Å². The molecule has 1 aromatic carbocycles. The minimum Gasteiger partial charge on any atom is -0.468 e. The molecule has 0 N–H and O–H groups in total. The molecule has 1 aromatic heterocycles. The maximum absolute atomic E-state index is 12.4. The molecule has 0 aliphatic carbocycles. The van der Waals surface area contributed by atoms with E-state index in [4.69, 9.17) is 0 Å². The number of nitro benzene ring substituents is 1. The van der Waals surface area contributed by atoms with Crippen molar-refractivity contribution < 1.29 is 24.0 Å². The van der Waals surface area contributed by atoms with Gasteiger partial charge >= 0.3 is 5.97 Å². The minimum atomic E-state index is -0.687. The standard InChI is InChI=1S/C17H13N3O6S/c1-26-15(21)10-19-16(22)14(27-17(19)23)9-13-3-2-8-18(13)11-4-6-12(7-5-11)20(24)25/h2-9H,10H2,1H3/b14-9-. The van der Waals surface area contributed by atoms with E-state index in [0.717, 1.165) is 16.7 Å². The quantitative estimate of drug-likeness (QED) is 0.335. The first-order chi connectivity index (χ1) is 12.9. The number of methoxy groups -OCH3 is 1. The summed E-state index contributed by atoms with van der Waals surface area (Å²) in [6, 6.07) is 9.39. The molecule has 2 amide bonds. The highest BCUT2D eigenvalue weighted by Gasteiger charge is 2.36. The highest BCUT2D eigenvalue weighted by atomic mass is 32.2. The van der Waals surface area contributed by atoms with E-state index in [9.17, 15) is 24.5 Å². The number of imide groups is 1. The number of carbonyl (C=O) groups is 3. The van der Waals surface area contributed by atoms with Gasteiger partial charge in [0.1, 0.15) is 6.54 Å². The molecule has 0 atom stereocenters. The smallest absolute Gasteiger partial charge is 0.325 e. The zero-order valence-electron chi connectivity index (χ0n) is 14.0. The summed E-state index contributed by atoms with van der Waals surface area (Å²) >= 11 is 0.731. The van der Waals surface area contributed by atoms with Crippen molar-refractivity contribution >= 4 is 40.6 Å². The fourth-order valence-electron chi connectivity index (χ4n) is 2.45. The van der Waals surface area contributed by atoms with Gasteiger partial charge in [0.15, 0.2) is 0 Å². The number of hydrogen-bond acceptors (Lipinski definition) is 7. The first-order valence-corrected chi connectivity index (χ1v) is 8.46. The Morgan fingerprint density at radius 3 is 2.59 bits per heavy atom. The number of nitrogens with zero attached hydrogens (tertiary/aromatic N) is 3. The lowest BCUT2D eigenvalue weighted by Crippen LogP contribution is -2.34. The third-order valence-corrected chi connectivity index (χ3v) is 4.69. The number of carbonyl (C=O) groups excluding carboxylic acids is 3. The Morgan fingerprint density at radius 1 is 1.26 bits per heavy atom. The molecule has 3 rings (SSSR count). The predicted octanol–water partition coefficient (Wildman–Crippen LogP) is 2.59. The summed E-state index contributed by atoms with van der Waals surface area (Å²) in [4.78, 5) is 47.0. The van der Waals surface area contributed by atoms with Crippen LogP contribution >= 0.6 is 11.8 Å². The summed E-state index contributed by atoms with van der Waals surface area (Å²) in [5.41, 5.74) is 1.23. The monoisotopic (exact) mass is 387 g/mol. The van der Waals surface area contributed by atoms with Crippen LogP contribution in [0, 0.1) is 10.1 Å². The Morgan fingerprint density at radius 2 is 1.96 bits per heavy atom. The fourth-order valence-corrected chi connectivity index (χ4v) is 3.27. The summed E-state index contributed by atoms with van der Waals surface area (Å²) in [5.74, 6) is -1.26. The average molecular weight is 387 g/mol. The van der Waals surface area contributed by atoms with E-state index in [1.807, 2.05) is 0 Å². The highest BCUT2D eigenvalue weighted by molar-refractivity contribution is 8.18. The van der Waals surface area contributed by atoms with Crippen LogP contribution in [0.1, 0.15) is 5.69 Å². The summed E-state index contributed by atoms with van der Waals surface area (Å²) in [6.45, 7) is -0.443. The van der Waals surface area contributed by atoms with Crippen molar-refractivity contribution in [3.63, 3.8) is 0 Å². The van der Waals surface area contributed by atoms with Crippen molar-refractivity contribution in [3.8, 4) is 5.69 Å². The number of rotatable bonds is 5. The van der Waals surface area contributed by atoms with Gasteiger partial charge < -0.3 is 9.30 Å². The summed E-state index contributed by atoms with van der Waals surface area (Å²) in [5, 5.41) is 10.2. The largest absolute Gasteiger partial charge is 0.468 e. The molecule has 1 aliphatic rings. The molecule has 1 fully saturated rings. The first-order valence-electron chi connectivity index (χ1n) is 7.65. The Hall–Kier alpha value is -3.40. The molecule has 9 nitrogen and oxygen atoms in total. The Labute approximate surface area is 157 Å². The van der Waals surface area contributed by atoms with Crippen molar-refractivity contribution in [2.75, 3.05) is 13.7 Å². The van der Waals surface area contributed by atoms with Gasteiger partial charge in [-0.05, 0) is 42.1 Å². The molecule has 2 aromatic rings. The van der Waals surface area contributed by atoms with Crippen LogP contribution in [0.25, 0.3) is 11.8 Å². The lowest BCUT2D eigenvalue weighted by atomic mass is 10.2. The lowest BCUT2D eigenvalue weighted by Gasteiger charge is -2.10. The Bertz CT molecular complexity index is 963. The van der Waals surface area contributed by atoms with Crippen LogP contribution in [0.4, 0.5) is 10.5 Å². The second-order valence-electron chi connectivity index (χ2n) is 5.42. The summed E-state index contributed by atoms with van der Waals surface area (Å²) in [6.07, 6.45) is 3.26. The lowest BCUT2D eigenvalue weighted by molar-refractivity contribution is -0.384. The first kappa shape index (κ1) is 18.4. The second-order valence-corrected chi connectivity index (χ2v) is 6.41. The van der Waals surface area contributed by atoms with Crippen LogP contribution in [0.15, 0.2) is 47.5 Å². The van der Waals surface area contributed by atoms with Gasteiger partial charge in [-0.25, -0.2) is 0 Å². The van der Waals surface area contributed by atoms with Crippen molar-refractivity contribution in [2.45, 2.75) is 0 Å². The molecule has 2 heterocycles. The molecule has 138 valence electrons. The maximum Gasteiger partial charge on any atom is 0.325 e. The fraction of sp³-hybridized carbons (Fsp3) is 0.118. The number of thioether (sulfide) groups is 1. The second kappa shape index (κ2) is 7.46. The van der Waals surface area contributed by atoms with E-state index in [2.05, 4.69) is 4.74 Å². The number of hydrogen-bond donors (Lipinski definition) is 0. The summed E-state index contributed by atoms with van der Waals surface area (Å²) < 4.78 is 6.21. The molecule has 27 heavy (non-hydrogen) atoms. The van der Waals surface area contributed by atoms with Gasteiger partial charge in [0, 0.05) is 29.7 Å². The van der Waals surface area contributed by atoms with E-state index in [-0.39, 0.29) is 10.6 Å².